The Kier molecular flexibility index (Phi) is 3.82. The van der Waals surface area contributed by atoms with Crippen LogP contribution in [-0.2, 0) is 0 Å². The number of benzene rings is 1. The summed E-state index contributed by atoms with van der Waals surface area (Å²) in [5.41, 5.74) is 6.89. The van der Waals surface area contributed by atoms with Crippen LogP contribution in [0.2, 0.25) is 0 Å². The number of thiazole rings is 1. The Hall–Kier alpha value is -0.970. The van der Waals surface area contributed by atoms with E-state index in [9.17, 15) is 0 Å². The summed E-state index contributed by atoms with van der Waals surface area (Å²) in [6.07, 6.45) is 2.46. The van der Waals surface area contributed by atoms with E-state index in [4.69, 9.17) is 10.7 Å². The van der Waals surface area contributed by atoms with Gasteiger partial charge in [0, 0.05) is 0 Å². The standard InChI is InChI=1S/C15H21N3S/c1-11(18-8-6-12(10-16)7-9-18)15-17-13-4-2-3-5-14(13)19-15/h2-5,11-12H,6-10,16H2,1H3. The van der Waals surface area contributed by atoms with Gasteiger partial charge >= 0.3 is 0 Å². The highest BCUT2D eigenvalue weighted by molar-refractivity contribution is 7.18. The van der Waals surface area contributed by atoms with Crippen LogP contribution in [0, 0.1) is 5.92 Å². The minimum atomic E-state index is 0.427. The van der Waals surface area contributed by atoms with Gasteiger partial charge in [-0.05, 0) is 57.5 Å². The maximum atomic E-state index is 5.76. The number of piperidine rings is 1. The number of rotatable bonds is 3. The van der Waals surface area contributed by atoms with Crippen LogP contribution in [0.3, 0.4) is 0 Å². The lowest BCUT2D eigenvalue weighted by atomic mass is 9.96. The molecule has 0 radical (unpaired) electrons. The van der Waals surface area contributed by atoms with Gasteiger partial charge in [0.1, 0.15) is 5.01 Å². The Morgan fingerprint density at radius 3 is 2.79 bits per heavy atom. The summed E-state index contributed by atoms with van der Waals surface area (Å²) in [4.78, 5) is 7.32. The zero-order valence-electron chi connectivity index (χ0n) is 11.4. The molecule has 2 aromatic rings. The second kappa shape index (κ2) is 5.57. The minimum absolute atomic E-state index is 0.427. The zero-order valence-corrected chi connectivity index (χ0v) is 12.2. The summed E-state index contributed by atoms with van der Waals surface area (Å²) in [5.74, 6) is 0.721. The van der Waals surface area contributed by atoms with Gasteiger partial charge in [-0.25, -0.2) is 4.98 Å². The molecule has 1 aromatic heterocycles. The Balaban J connectivity index is 1.74. The predicted octanol–water partition coefficient (Wildman–Crippen LogP) is 3.03. The van der Waals surface area contributed by atoms with Crippen molar-refractivity contribution < 1.29 is 0 Å². The van der Waals surface area contributed by atoms with Gasteiger partial charge in [0.15, 0.2) is 0 Å². The number of aromatic nitrogens is 1. The first-order valence-electron chi connectivity index (χ1n) is 7.07. The Labute approximate surface area is 118 Å². The summed E-state index contributed by atoms with van der Waals surface area (Å²) >= 11 is 1.83. The van der Waals surface area contributed by atoms with Crippen molar-refractivity contribution in [3.8, 4) is 0 Å². The molecule has 3 rings (SSSR count). The topological polar surface area (TPSA) is 42.2 Å². The number of likely N-dealkylation sites (tertiary alicyclic amines) is 1. The van der Waals surface area contributed by atoms with E-state index in [0.29, 0.717) is 6.04 Å². The number of hydrogen-bond acceptors (Lipinski definition) is 4. The first-order valence-corrected chi connectivity index (χ1v) is 7.89. The molecule has 2 heterocycles. The van der Waals surface area contributed by atoms with Crippen LogP contribution in [-0.4, -0.2) is 29.5 Å². The van der Waals surface area contributed by atoms with Crippen molar-refractivity contribution in [1.82, 2.24) is 9.88 Å². The van der Waals surface area contributed by atoms with Crippen molar-refractivity contribution in [3.63, 3.8) is 0 Å². The molecule has 1 atom stereocenters. The second-order valence-electron chi connectivity index (χ2n) is 5.41. The minimum Gasteiger partial charge on any atom is -0.330 e. The summed E-state index contributed by atoms with van der Waals surface area (Å²) in [7, 11) is 0. The van der Waals surface area contributed by atoms with Gasteiger partial charge in [-0.2, -0.15) is 0 Å². The molecule has 102 valence electrons. The van der Waals surface area contributed by atoms with Crippen LogP contribution in [0.4, 0.5) is 0 Å². The number of hydrogen-bond donors (Lipinski definition) is 1. The maximum absolute atomic E-state index is 5.76. The fourth-order valence-electron chi connectivity index (χ4n) is 2.80. The van der Waals surface area contributed by atoms with Crippen molar-refractivity contribution in [2.45, 2.75) is 25.8 Å². The predicted molar refractivity (Wildman–Crippen MR) is 81.4 cm³/mol. The SMILES string of the molecule is CC(c1nc2ccccc2s1)N1CCC(CN)CC1. The van der Waals surface area contributed by atoms with Gasteiger partial charge in [-0.3, -0.25) is 4.90 Å². The lowest BCUT2D eigenvalue weighted by Gasteiger charge is -2.34. The normalized spacial score (nSPS) is 19.9. The molecule has 0 bridgehead atoms. The fraction of sp³-hybridized carbons (Fsp3) is 0.533. The lowest BCUT2D eigenvalue weighted by Crippen LogP contribution is -2.37. The average Bonchev–Trinajstić information content (AvgIpc) is 2.90. The molecule has 0 spiro atoms. The highest BCUT2D eigenvalue weighted by Gasteiger charge is 2.24. The van der Waals surface area contributed by atoms with E-state index in [1.165, 1.54) is 22.5 Å². The summed E-state index contributed by atoms with van der Waals surface area (Å²) < 4.78 is 1.29. The molecule has 0 amide bonds. The van der Waals surface area contributed by atoms with Crippen LogP contribution in [0.15, 0.2) is 24.3 Å². The molecule has 1 aliphatic heterocycles. The van der Waals surface area contributed by atoms with Crippen LogP contribution in [0.25, 0.3) is 10.2 Å². The highest BCUT2D eigenvalue weighted by atomic mass is 32.1. The molecule has 1 aromatic carbocycles. The van der Waals surface area contributed by atoms with Crippen molar-refractivity contribution in [1.29, 1.82) is 0 Å². The van der Waals surface area contributed by atoms with E-state index in [1.807, 2.05) is 11.3 Å². The van der Waals surface area contributed by atoms with E-state index in [-0.39, 0.29) is 0 Å². The van der Waals surface area contributed by atoms with Crippen molar-refractivity contribution in [2.24, 2.45) is 11.7 Å². The lowest BCUT2D eigenvalue weighted by molar-refractivity contribution is 0.143. The number of nitrogens with two attached hydrogens (primary N) is 1. The molecule has 4 heteroatoms. The van der Waals surface area contributed by atoms with Gasteiger partial charge in [-0.1, -0.05) is 12.1 Å². The third kappa shape index (κ3) is 2.66. The largest absolute Gasteiger partial charge is 0.330 e. The van der Waals surface area contributed by atoms with Crippen molar-refractivity contribution in [2.75, 3.05) is 19.6 Å². The molecular formula is C15H21N3S. The smallest absolute Gasteiger partial charge is 0.111 e. The number of fused-ring (bicyclic) bond motifs is 1. The van der Waals surface area contributed by atoms with Crippen LogP contribution in [0.5, 0.6) is 0 Å². The zero-order chi connectivity index (χ0) is 13.2. The van der Waals surface area contributed by atoms with Gasteiger partial charge in [0.05, 0.1) is 16.3 Å². The van der Waals surface area contributed by atoms with E-state index >= 15 is 0 Å². The van der Waals surface area contributed by atoms with Crippen molar-refractivity contribution in [3.05, 3.63) is 29.3 Å². The molecule has 19 heavy (non-hydrogen) atoms. The van der Waals surface area contributed by atoms with Gasteiger partial charge in [0.2, 0.25) is 0 Å². The summed E-state index contributed by atoms with van der Waals surface area (Å²) in [6, 6.07) is 8.83. The van der Waals surface area contributed by atoms with Crippen molar-refractivity contribution >= 4 is 21.6 Å². The maximum Gasteiger partial charge on any atom is 0.111 e. The quantitative estimate of drug-likeness (QED) is 0.936. The van der Waals surface area contributed by atoms with E-state index in [1.54, 1.807) is 0 Å². The highest BCUT2D eigenvalue weighted by Crippen LogP contribution is 2.31. The first-order chi connectivity index (χ1) is 9.28. The number of para-hydroxylation sites is 1. The van der Waals surface area contributed by atoms with Gasteiger partial charge in [0.25, 0.3) is 0 Å². The second-order valence-corrected chi connectivity index (χ2v) is 6.47. The van der Waals surface area contributed by atoms with Gasteiger partial charge in [-0.15, -0.1) is 11.3 Å². The first kappa shape index (κ1) is 13.0. The monoisotopic (exact) mass is 275 g/mol. The molecule has 1 saturated heterocycles. The van der Waals surface area contributed by atoms with Crippen LogP contribution in [0.1, 0.15) is 30.8 Å². The molecule has 1 unspecified atom stereocenters. The fourth-order valence-corrected chi connectivity index (χ4v) is 3.85. The van der Waals surface area contributed by atoms with E-state index in [0.717, 1.165) is 31.1 Å². The number of nitrogens with zero attached hydrogens (tertiary/aromatic N) is 2. The molecule has 0 aliphatic carbocycles. The van der Waals surface area contributed by atoms with Gasteiger partial charge < -0.3 is 5.73 Å². The Morgan fingerprint density at radius 2 is 2.11 bits per heavy atom. The van der Waals surface area contributed by atoms with Crippen LogP contribution < -0.4 is 5.73 Å². The summed E-state index contributed by atoms with van der Waals surface area (Å²) in [5, 5.41) is 1.24. The summed E-state index contributed by atoms with van der Waals surface area (Å²) in [6.45, 7) is 5.42. The Bertz CT molecular complexity index is 510. The molecule has 2 N–H and O–H groups in total. The molecular weight excluding hydrogens is 254 g/mol. The molecule has 1 fully saturated rings. The van der Waals surface area contributed by atoms with Crippen LogP contribution >= 0.6 is 11.3 Å². The Morgan fingerprint density at radius 1 is 1.37 bits per heavy atom. The van der Waals surface area contributed by atoms with E-state index in [2.05, 4.69) is 36.1 Å². The molecule has 3 nitrogen and oxygen atoms in total. The third-order valence-electron chi connectivity index (χ3n) is 4.20. The average molecular weight is 275 g/mol. The third-order valence-corrected chi connectivity index (χ3v) is 5.40. The van der Waals surface area contributed by atoms with E-state index < -0.39 is 0 Å². The molecule has 1 aliphatic rings. The molecule has 0 saturated carbocycles.